The molecule has 0 atom stereocenters. The van der Waals surface area contributed by atoms with Crippen LogP contribution < -0.4 is 15.0 Å². The SMILES string of the molecule is COc1c(N2CCNCC2)cc(C)c(O)c1F. The van der Waals surface area contributed by atoms with Crippen molar-refractivity contribution < 1.29 is 14.2 Å². The second-order valence-electron chi connectivity index (χ2n) is 4.15. The smallest absolute Gasteiger partial charge is 0.208 e. The maximum absolute atomic E-state index is 13.9. The van der Waals surface area contributed by atoms with Gasteiger partial charge in [-0.05, 0) is 18.6 Å². The van der Waals surface area contributed by atoms with Crippen LogP contribution in [-0.4, -0.2) is 38.4 Å². The molecule has 1 fully saturated rings. The van der Waals surface area contributed by atoms with Crippen molar-refractivity contribution in [2.45, 2.75) is 6.92 Å². The minimum absolute atomic E-state index is 0.120. The van der Waals surface area contributed by atoms with E-state index in [9.17, 15) is 9.50 Å². The van der Waals surface area contributed by atoms with E-state index in [-0.39, 0.29) is 11.5 Å². The van der Waals surface area contributed by atoms with Crippen molar-refractivity contribution in [1.82, 2.24) is 5.32 Å². The summed E-state index contributed by atoms with van der Waals surface area (Å²) in [5.41, 5.74) is 1.23. The van der Waals surface area contributed by atoms with E-state index in [2.05, 4.69) is 10.2 Å². The van der Waals surface area contributed by atoms with E-state index in [1.807, 2.05) is 0 Å². The summed E-state index contributed by atoms with van der Waals surface area (Å²) >= 11 is 0. The maximum atomic E-state index is 13.9. The highest BCUT2D eigenvalue weighted by atomic mass is 19.1. The first-order valence-electron chi connectivity index (χ1n) is 5.67. The number of benzene rings is 1. The molecule has 0 amide bonds. The highest BCUT2D eigenvalue weighted by Crippen LogP contribution is 2.38. The number of anilines is 1. The fraction of sp³-hybridized carbons (Fsp3) is 0.500. The lowest BCUT2D eigenvalue weighted by Gasteiger charge is -2.31. The second kappa shape index (κ2) is 4.79. The molecule has 1 saturated heterocycles. The first-order chi connectivity index (χ1) is 8.15. The molecule has 1 aromatic rings. The summed E-state index contributed by atoms with van der Waals surface area (Å²) in [5, 5.41) is 12.8. The van der Waals surface area contributed by atoms with Crippen molar-refractivity contribution in [3.63, 3.8) is 0 Å². The van der Waals surface area contributed by atoms with E-state index < -0.39 is 5.82 Å². The van der Waals surface area contributed by atoms with Gasteiger partial charge in [-0.3, -0.25) is 0 Å². The number of piperazine rings is 1. The number of hydrogen-bond acceptors (Lipinski definition) is 4. The molecule has 0 unspecified atom stereocenters. The van der Waals surface area contributed by atoms with Gasteiger partial charge in [0.05, 0.1) is 12.8 Å². The van der Waals surface area contributed by atoms with Crippen LogP contribution in [0.25, 0.3) is 0 Å². The molecule has 1 aromatic carbocycles. The number of phenols is 1. The van der Waals surface area contributed by atoms with E-state index in [4.69, 9.17) is 4.74 Å². The van der Waals surface area contributed by atoms with E-state index in [1.54, 1.807) is 13.0 Å². The first kappa shape index (κ1) is 12.0. The Labute approximate surface area is 100.0 Å². The predicted molar refractivity (Wildman–Crippen MR) is 64.4 cm³/mol. The Hall–Kier alpha value is -1.49. The molecule has 0 aromatic heterocycles. The van der Waals surface area contributed by atoms with E-state index >= 15 is 0 Å². The molecule has 17 heavy (non-hydrogen) atoms. The van der Waals surface area contributed by atoms with Gasteiger partial charge in [0, 0.05) is 26.2 Å². The highest BCUT2D eigenvalue weighted by molar-refractivity contribution is 5.64. The summed E-state index contributed by atoms with van der Waals surface area (Å²) < 4.78 is 18.9. The Balaban J connectivity index is 2.44. The topological polar surface area (TPSA) is 44.7 Å². The second-order valence-corrected chi connectivity index (χ2v) is 4.15. The average molecular weight is 240 g/mol. The van der Waals surface area contributed by atoms with E-state index in [0.717, 1.165) is 26.2 Å². The molecular weight excluding hydrogens is 223 g/mol. The van der Waals surface area contributed by atoms with Crippen LogP contribution in [0.4, 0.5) is 10.1 Å². The predicted octanol–water partition coefficient (Wildman–Crippen LogP) is 1.26. The quantitative estimate of drug-likeness (QED) is 0.817. The van der Waals surface area contributed by atoms with Gasteiger partial charge in [-0.1, -0.05) is 0 Å². The molecule has 0 aliphatic carbocycles. The van der Waals surface area contributed by atoms with Gasteiger partial charge in [0.1, 0.15) is 0 Å². The molecule has 2 N–H and O–H groups in total. The van der Waals surface area contributed by atoms with Crippen LogP contribution in [0, 0.1) is 12.7 Å². The number of methoxy groups -OCH3 is 1. The van der Waals surface area contributed by atoms with Crippen molar-refractivity contribution >= 4 is 5.69 Å². The van der Waals surface area contributed by atoms with Crippen molar-refractivity contribution in [2.75, 3.05) is 38.2 Å². The summed E-state index contributed by atoms with van der Waals surface area (Å²) in [4.78, 5) is 2.06. The lowest BCUT2D eigenvalue weighted by Crippen LogP contribution is -2.43. The Morgan fingerprint density at radius 1 is 1.41 bits per heavy atom. The highest BCUT2D eigenvalue weighted by Gasteiger charge is 2.21. The van der Waals surface area contributed by atoms with Crippen LogP contribution in [-0.2, 0) is 0 Å². The number of aromatic hydroxyl groups is 1. The summed E-state index contributed by atoms with van der Waals surface area (Å²) in [6.07, 6.45) is 0. The zero-order chi connectivity index (χ0) is 12.4. The van der Waals surface area contributed by atoms with Crippen molar-refractivity contribution in [2.24, 2.45) is 0 Å². The summed E-state index contributed by atoms with van der Waals surface area (Å²) in [5.74, 6) is -0.892. The summed E-state index contributed by atoms with van der Waals surface area (Å²) in [6.45, 7) is 5.03. The van der Waals surface area contributed by atoms with Gasteiger partial charge in [-0.2, -0.15) is 4.39 Å². The van der Waals surface area contributed by atoms with Crippen LogP contribution in [0.3, 0.4) is 0 Å². The zero-order valence-corrected chi connectivity index (χ0v) is 10.1. The minimum atomic E-state index is -0.680. The lowest BCUT2D eigenvalue weighted by atomic mass is 10.1. The molecular formula is C12H17FN2O2. The molecule has 1 heterocycles. The first-order valence-corrected chi connectivity index (χ1v) is 5.67. The Morgan fingerprint density at radius 2 is 2.06 bits per heavy atom. The van der Waals surface area contributed by atoms with Gasteiger partial charge in [0.2, 0.25) is 5.82 Å². The van der Waals surface area contributed by atoms with E-state index in [1.165, 1.54) is 7.11 Å². The largest absolute Gasteiger partial charge is 0.505 e. The summed E-state index contributed by atoms with van der Waals surface area (Å²) in [7, 11) is 1.42. The molecule has 0 radical (unpaired) electrons. The van der Waals surface area contributed by atoms with Crippen LogP contribution in [0.15, 0.2) is 6.07 Å². The third-order valence-corrected chi connectivity index (χ3v) is 3.03. The number of nitrogens with one attached hydrogen (secondary N) is 1. The fourth-order valence-electron chi connectivity index (χ4n) is 2.07. The Bertz CT molecular complexity index is 417. The van der Waals surface area contributed by atoms with Crippen LogP contribution >= 0.6 is 0 Å². The molecule has 0 saturated carbocycles. The molecule has 4 nitrogen and oxygen atoms in total. The number of hydrogen-bond donors (Lipinski definition) is 2. The average Bonchev–Trinajstić information content (AvgIpc) is 2.36. The van der Waals surface area contributed by atoms with Gasteiger partial charge in [-0.15, -0.1) is 0 Å². The van der Waals surface area contributed by atoms with E-state index in [0.29, 0.717) is 11.3 Å². The van der Waals surface area contributed by atoms with Gasteiger partial charge in [0.25, 0.3) is 0 Å². The lowest BCUT2D eigenvalue weighted by molar-refractivity contribution is 0.362. The molecule has 1 aliphatic heterocycles. The zero-order valence-electron chi connectivity index (χ0n) is 10.1. The molecule has 94 valence electrons. The van der Waals surface area contributed by atoms with Gasteiger partial charge in [-0.25, -0.2) is 0 Å². The normalized spacial score (nSPS) is 16.1. The van der Waals surface area contributed by atoms with Crippen LogP contribution in [0.5, 0.6) is 11.5 Å². The fourth-order valence-corrected chi connectivity index (χ4v) is 2.07. The standard InChI is InChI=1S/C12H17FN2O2/c1-8-7-9(15-5-3-14-4-6-15)12(17-2)10(13)11(8)16/h7,14,16H,3-6H2,1-2H3. The molecule has 0 bridgehead atoms. The van der Waals surface area contributed by atoms with Crippen LogP contribution in [0.2, 0.25) is 0 Å². The van der Waals surface area contributed by atoms with Crippen molar-refractivity contribution in [3.8, 4) is 11.5 Å². The van der Waals surface area contributed by atoms with Crippen molar-refractivity contribution in [1.29, 1.82) is 0 Å². The van der Waals surface area contributed by atoms with Gasteiger partial charge in [0.15, 0.2) is 11.5 Å². The van der Waals surface area contributed by atoms with Gasteiger partial charge < -0.3 is 20.1 Å². The Kier molecular flexibility index (Phi) is 3.38. The third kappa shape index (κ3) is 2.15. The molecule has 0 spiro atoms. The number of phenolic OH excluding ortho intramolecular Hbond substituents is 1. The Morgan fingerprint density at radius 3 is 2.65 bits per heavy atom. The number of aryl methyl sites for hydroxylation is 1. The van der Waals surface area contributed by atoms with Crippen LogP contribution in [0.1, 0.15) is 5.56 Å². The number of halogens is 1. The monoisotopic (exact) mass is 240 g/mol. The minimum Gasteiger partial charge on any atom is -0.505 e. The third-order valence-electron chi connectivity index (χ3n) is 3.03. The van der Waals surface area contributed by atoms with Crippen molar-refractivity contribution in [3.05, 3.63) is 17.4 Å². The molecule has 1 aliphatic rings. The maximum Gasteiger partial charge on any atom is 0.208 e. The molecule has 5 heteroatoms. The molecule has 2 rings (SSSR count). The number of ether oxygens (including phenoxy) is 1. The summed E-state index contributed by atoms with van der Waals surface area (Å²) in [6, 6.07) is 1.77. The number of rotatable bonds is 2. The number of nitrogens with zero attached hydrogens (tertiary/aromatic N) is 1. The van der Waals surface area contributed by atoms with Gasteiger partial charge >= 0.3 is 0 Å².